The van der Waals surface area contributed by atoms with E-state index in [4.69, 9.17) is 9.47 Å². The minimum absolute atomic E-state index is 0. The van der Waals surface area contributed by atoms with Crippen molar-refractivity contribution in [2.75, 3.05) is 13.2 Å². The summed E-state index contributed by atoms with van der Waals surface area (Å²) >= 11 is 0. The summed E-state index contributed by atoms with van der Waals surface area (Å²) in [6.07, 6.45) is 1.43. The summed E-state index contributed by atoms with van der Waals surface area (Å²) in [5.41, 5.74) is -0.104. The van der Waals surface area contributed by atoms with Crippen LogP contribution in [0.3, 0.4) is 0 Å². The predicted octanol–water partition coefficient (Wildman–Crippen LogP) is 3.70. The molecule has 19 heavy (non-hydrogen) atoms. The quantitative estimate of drug-likeness (QED) is 0.717. The third-order valence-electron chi connectivity index (χ3n) is 2.90. The van der Waals surface area contributed by atoms with Crippen LogP contribution < -0.4 is 0 Å². The van der Waals surface area contributed by atoms with Gasteiger partial charge in [0.1, 0.15) is 0 Å². The van der Waals surface area contributed by atoms with Crippen molar-refractivity contribution in [1.29, 1.82) is 0 Å². The van der Waals surface area contributed by atoms with E-state index in [0.717, 1.165) is 12.0 Å². The fraction of sp³-hybridized carbons (Fsp3) is 0.533. The molecule has 0 heterocycles. The lowest BCUT2D eigenvalue weighted by Crippen LogP contribution is -2.40. The molecule has 0 aromatic heterocycles. The number of carbonyl (C=O) groups excluding carboxylic acids is 1. The Hall–Kier alpha value is -1.06. The molecule has 0 fully saturated rings. The molecule has 3 nitrogen and oxygen atoms in total. The van der Waals surface area contributed by atoms with Crippen LogP contribution in [0.15, 0.2) is 30.3 Å². The van der Waals surface area contributed by atoms with Gasteiger partial charge in [0, 0.05) is 6.61 Å². The Kier molecular flexibility index (Phi) is 8.44. The lowest BCUT2D eigenvalue weighted by molar-refractivity contribution is -0.175. The Morgan fingerprint density at radius 2 is 1.79 bits per heavy atom. The van der Waals surface area contributed by atoms with E-state index in [1.54, 1.807) is 0 Å². The first kappa shape index (κ1) is 17.9. The van der Waals surface area contributed by atoms with Crippen molar-refractivity contribution in [1.82, 2.24) is 0 Å². The molecule has 0 spiro atoms. The monoisotopic (exact) mass is 286 g/mol. The van der Waals surface area contributed by atoms with E-state index >= 15 is 0 Å². The zero-order valence-electron chi connectivity index (χ0n) is 11.8. The molecule has 0 aliphatic rings. The number of hydrogen-bond donors (Lipinski definition) is 0. The van der Waals surface area contributed by atoms with Crippen LogP contribution in [0.25, 0.3) is 0 Å². The number of esters is 1. The Bertz CT molecular complexity index is 367. The average molecular weight is 287 g/mol. The number of benzene rings is 1. The number of halogens is 1. The second kappa shape index (κ2) is 8.94. The standard InChI is InChI=1S/C15H22O3.ClH/c1-4-12-18-15(5-2,14(16)17-6-3)13-10-8-7-9-11-13;/h7-11H,4-6,12H2,1-3H3;1H/t15-;/m1./s1. The molecular formula is C15H23ClO3. The minimum atomic E-state index is -0.965. The number of hydrogen-bond acceptors (Lipinski definition) is 3. The SMILES string of the molecule is CCCO[C@@](CC)(C(=O)OCC)c1ccccc1.Cl. The lowest BCUT2D eigenvalue weighted by atomic mass is 9.90. The summed E-state index contributed by atoms with van der Waals surface area (Å²) in [5, 5.41) is 0. The van der Waals surface area contributed by atoms with Gasteiger partial charge in [-0.2, -0.15) is 0 Å². The zero-order chi connectivity index (χ0) is 13.4. The van der Waals surface area contributed by atoms with E-state index in [2.05, 4.69) is 0 Å². The van der Waals surface area contributed by atoms with E-state index in [0.29, 0.717) is 19.6 Å². The van der Waals surface area contributed by atoms with Gasteiger partial charge in [-0.1, -0.05) is 44.2 Å². The highest BCUT2D eigenvalue weighted by atomic mass is 35.5. The van der Waals surface area contributed by atoms with Crippen molar-refractivity contribution >= 4 is 18.4 Å². The van der Waals surface area contributed by atoms with E-state index in [-0.39, 0.29) is 18.4 Å². The predicted molar refractivity (Wildman–Crippen MR) is 78.5 cm³/mol. The highest BCUT2D eigenvalue weighted by Gasteiger charge is 2.41. The first-order valence-electron chi connectivity index (χ1n) is 6.58. The molecule has 1 aromatic rings. The summed E-state index contributed by atoms with van der Waals surface area (Å²) in [4.78, 5) is 12.3. The molecular weight excluding hydrogens is 264 g/mol. The largest absolute Gasteiger partial charge is 0.464 e. The van der Waals surface area contributed by atoms with Crippen LogP contribution >= 0.6 is 12.4 Å². The van der Waals surface area contributed by atoms with Crippen molar-refractivity contribution in [3.8, 4) is 0 Å². The Balaban J connectivity index is 0.00000324. The van der Waals surface area contributed by atoms with Crippen LogP contribution in [0.1, 0.15) is 39.2 Å². The summed E-state index contributed by atoms with van der Waals surface area (Å²) in [6, 6.07) is 9.57. The number of rotatable bonds is 7. The first-order valence-corrected chi connectivity index (χ1v) is 6.58. The second-order valence-corrected chi connectivity index (χ2v) is 4.12. The number of ether oxygens (including phenoxy) is 2. The fourth-order valence-electron chi connectivity index (χ4n) is 1.94. The van der Waals surface area contributed by atoms with E-state index in [1.807, 2.05) is 51.1 Å². The summed E-state index contributed by atoms with van der Waals surface area (Å²) in [7, 11) is 0. The molecule has 0 saturated carbocycles. The van der Waals surface area contributed by atoms with Crippen molar-refractivity contribution in [2.45, 2.75) is 39.2 Å². The zero-order valence-corrected chi connectivity index (χ0v) is 12.7. The first-order chi connectivity index (χ1) is 8.71. The molecule has 1 rings (SSSR count). The Labute approximate surface area is 121 Å². The Morgan fingerprint density at radius 1 is 1.16 bits per heavy atom. The molecule has 0 N–H and O–H groups in total. The second-order valence-electron chi connectivity index (χ2n) is 4.12. The Morgan fingerprint density at radius 3 is 2.26 bits per heavy atom. The van der Waals surface area contributed by atoms with Crippen molar-refractivity contribution in [3.63, 3.8) is 0 Å². The van der Waals surface area contributed by atoms with Crippen LogP contribution in [0, 0.1) is 0 Å². The third kappa shape index (κ3) is 4.22. The normalized spacial score (nSPS) is 13.2. The topological polar surface area (TPSA) is 35.5 Å². The molecule has 108 valence electrons. The van der Waals surface area contributed by atoms with Gasteiger partial charge in [-0.3, -0.25) is 0 Å². The molecule has 0 bridgehead atoms. The average Bonchev–Trinajstić information content (AvgIpc) is 2.42. The van der Waals surface area contributed by atoms with Crippen LogP contribution in [-0.2, 0) is 19.9 Å². The van der Waals surface area contributed by atoms with E-state index in [1.165, 1.54) is 0 Å². The molecule has 1 aromatic carbocycles. The molecule has 0 unspecified atom stereocenters. The van der Waals surface area contributed by atoms with Gasteiger partial charge in [0.25, 0.3) is 0 Å². The highest BCUT2D eigenvalue weighted by Crippen LogP contribution is 2.31. The van der Waals surface area contributed by atoms with Crippen LogP contribution in [0.5, 0.6) is 0 Å². The van der Waals surface area contributed by atoms with Gasteiger partial charge in [-0.15, -0.1) is 12.4 Å². The van der Waals surface area contributed by atoms with Gasteiger partial charge >= 0.3 is 5.97 Å². The number of carbonyl (C=O) groups is 1. The molecule has 0 radical (unpaired) electrons. The van der Waals surface area contributed by atoms with Crippen LogP contribution in [0.2, 0.25) is 0 Å². The molecule has 4 heteroatoms. The van der Waals surface area contributed by atoms with Crippen molar-refractivity contribution in [3.05, 3.63) is 35.9 Å². The molecule has 0 aliphatic carbocycles. The van der Waals surface area contributed by atoms with Gasteiger partial charge in [0.15, 0.2) is 5.60 Å². The maximum Gasteiger partial charge on any atom is 0.343 e. The lowest BCUT2D eigenvalue weighted by Gasteiger charge is -2.30. The maximum absolute atomic E-state index is 12.3. The van der Waals surface area contributed by atoms with Gasteiger partial charge < -0.3 is 9.47 Å². The van der Waals surface area contributed by atoms with Crippen LogP contribution in [-0.4, -0.2) is 19.2 Å². The van der Waals surface area contributed by atoms with Gasteiger partial charge in [0.05, 0.1) is 6.61 Å². The van der Waals surface area contributed by atoms with E-state index < -0.39 is 5.60 Å². The summed E-state index contributed by atoms with van der Waals surface area (Å²) in [5.74, 6) is -0.299. The van der Waals surface area contributed by atoms with Gasteiger partial charge in [-0.05, 0) is 25.3 Å². The summed E-state index contributed by atoms with van der Waals surface area (Å²) < 4.78 is 11.0. The van der Waals surface area contributed by atoms with Gasteiger partial charge in [0.2, 0.25) is 0 Å². The molecule has 0 saturated heterocycles. The van der Waals surface area contributed by atoms with Gasteiger partial charge in [-0.25, -0.2) is 4.79 Å². The van der Waals surface area contributed by atoms with Crippen molar-refractivity contribution < 1.29 is 14.3 Å². The minimum Gasteiger partial charge on any atom is -0.464 e. The molecule has 1 atom stereocenters. The van der Waals surface area contributed by atoms with E-state index in [9.17, 15) is 4.79 Å². The molecule has 0 aliphatic heterocycles. The van der Waals surface area contributed by atoms with Crippen LogP contribution in [0.4, 0.5) is 0 Å². The third-order valence-corrected chi connectivity index (χ3v) is 2.90. The highest BCUT2D eigenvalue weighted by molar-refractivity contribution is 5.85. The maximum atomic E-state index is 12.3. The summed E-state index contributed by atoms with van der Waals surface area (Å²) in [6.45, 7) is 6.68. The fourth-order valence-corrected chi connectivity index (χ4v) is 1.94. The molecule has 0 amide bonds. The van der Waals surface area contributed by atoms with Crippen molar-refractivity contribution in [2.24, 2.45) is 0 Å². The smallest absolute Gasteiger partial charge is 0.343 e.